The number of pyridine rings is 1. The van der Waals surface area contributed by atoms with Gasteiger partial charge in [0.1, 0.15) is 0 Å². The summed E-state index contributed by atoms with van der Waals surface area (Å²) in [6.07, 6.45) is 7.73. The first-order valence-corrected chi connectivity index (χ1v) is 11.0. The Balaban J connectivity index is 1.11. The van der Waals surface area contributed by atoms with Crippen molar-refractivity contribution >= 4 is 28.5 Å². The van der Waals surface area contributed by atoms with Crippen LogP contribution in [-0.4, -0.2) is 47.8 Å². The smallest absolute Gasteiger partial charge is 0.233 e. The van der Waals surface area contributed by atoms with Crippen LogP contribution in [0.5, 0.6) is 0 Å². The Morgan fingerprint density at radius 2 is 1.84 bits per heavy atom. The molecular weight excluding hydrogens is 390 g/mol. The van der Waals surface area contributed by atoms with Crippen molar-refractivity contribution in [1.82, 2.24) is 20.5 Å². The predicted molar refractivity (Wildman–Crippen MR) is 119 cm³/mol. The van der Waals surface area contributed by atoms with Crippen molar-refractivity contribution in [2.45, 2.75) is 19.4 Å². The third-order valence-electron chi connectivity index (χ3n) is 6.82. The monoisotopic (exact) mass is 417 g/mol. The SMILES string of the molecule is CN=C(NCCCN1C(=O)C2C3C=CC(C3)C2C1=O)NCc1nccc2ccccc12. The van der Waals surface area contributed by atoms with Gasteiger partial charge in [0.2, 0.25) is 11.8 Å². The van der Waals surface area contributed by atoms with Crippen molar-refractivity contribution in [3.63, 3.8) is 0 Å². The fourth-order valence-corrected chi connectivity index (χ4v) is 5.34. The number of rotatable bonds is 6. The van der Waals surface area contributed by atoms with E-state index in [9.17, 15) is 9.59 Å². The fourth-order valence-electron chi connectivity index (χ4n) is 5.34. The average molecular weight is 418 g/mol. The molecule has 7 nitrogen and oxygen atoms in total. The van der Waals surface area contributed by atoms with E-state index < -0.39 is 0 Å². The minimum Gasteiger partial charge on any atom is -0.356 e. The van der Waals surface area contributed by atoms with Crippen molar-refractivity contribution in [2.75, 3.05) is 20.1 Å². The van der Waals surface area contributed by atoms with E-state index in [1.165, 1.54) is 4.90 Å². The molecule has 1 aliphatic heterocycles. The molecule has 1 saturated heterocycles. The number of fused-ring (bicyclic) bond motifs is 6. The number of nitrogens with one attached hydrogen (secondary N) is 2. The van der Waals surface area contributed by atoms with Crippen LogP contribution in [-0.2, 0) is 16.1 Å². The van der Waals surface area contributed by atoms with Gasteiger partial charge in [-0.15, -0.1) is 0 Å². The highest BCUT2D eigenvalue weighted by molar-refractivity contribution is 6.06. The molecule has 2 bridgehead atoms. The van der Waals surface area contributed by atoms with Crippen LogP contribution in [0, 0.1) is 23.7 Å². The number of carbonyl (C=O) groups excluding carboxylic acids is 2. The number of benzene rings is 1. The van der Waals surface area contributed by atoms with Gasteiger partial charge in [0, 0.05) is 31.7 Å². The van der Waals surface area contributed by atoms with Crippen LogP contribution in [0.4, 0.5) is 0 Å². The standard InChI is InChI=1S/C24H27N5O2/c1-25-24(28-14-19-18-6-3-2-5-15(18)9-11-26-19)27-10-4-12-29-22(30)20-16-7-8-17(13-16)21(20)23(29)31/h2-3,5-9,11,16-17,20-21H,4,10,12-14H2,1H3,(H2,25,27,28). The number of hydrogen-bond donors (Lipinski definition) is 2. The van der Waals surface area contributed by atoms with Crippen LogP contribution in [0.2, 0.25) is 0 Å². The maximum absolute atomic E-state index is 12.7. The molecule has 160 valence electrons. The van der Waals surface area contributed by atoms with E-state index >= 15 is 0 Å². The van der Waals surface area contributed by atoms with Gasteiger partial charge in [-0.1, -0.05) is 36.4 Å². The lowest BCUT2D eigenvalue weighted by molar-refractivity contribution is -0.140. The van der Waals surface area contributed by atoms with Crippen LogP contribution in [0.3, 0.4) is 0 Å². The van der Waals surface area contributed by atoms with E-state index in [0.29, 0.717) is 32.0 Å². The molecular formula is C24H27N5O2. The second-order valence-electron chi connectivity index (χ2n) is 8.51. The summed E-state index contributed by atoms with van der Waals surface area (Å²) in [7, 11) is 1.73. The zero-order valence-electron chi connectivity index (χ0n) is 17.6. The Morgan fingerprint density at radius 1 is 1.10 bits per heavy atom. The number of amides is 2. The summed E-state index contributed by atoms with van der Waals surface area (Å²) in [5.41, 5.74) is 0.962. The van der Waals surface area contributed by atoms with Gasteiger partial charge in [0.05, 0.1) is 24.1 Å². The van der Waals surface area contributed by atoms with Crippen LogP contribution in [0.15, 0.2) is 53.7 Å². The Morgan fingerprint density at radius 3 is 2.58 bits per heavy atom. The molecule has 4 unspecified atom stereocenters. The molecule has 2 amide bonds. The first-order chi connectivity index (χ1) is 15.2. The first kappa shape index (κ1) is 19.7. The highest BCUT2D eigenvalue weighted by atomic mass is 16.2. The van der Waals surface area contributed by atoms with Crippen molar-refractivity contribution in [3.05, 3.63) is 54.4 Å². The maximum atomic E-state index is 12.7. The highest BCUT2D eigenvalue weighted by Gasteiger charge is 2.58. The molecule has 2 heterocycles. The number of carbonyl (C=O) groups is 2. The molecule has 3 aliphatic rings. The molecule has 4 atom stereocenters. The van der Waals surface area contributed by atoms with E-state index in [1.54, 1.807) is 7.05 Å². The number of allylic oxidation sites excluding steroid dienone is 2. The van der Waals surface area contributed by atoms with E-state index in [1.807, 2.05) is 24.4 Å². The Labute approximate surface area is 181 Å². The number of imide groups is 1. The van der Waals surface area contributed by atoms with Crippen LogP contribution >= 0.6 is 0 Å². The van der Waals surface area contributed by atoms with Gasteiger partial charge in [-0.05, 0) is 36.1 Å². The molecule has 5 rings (SSSR count). The van der Waals surface area contributed by atoms with Crippen LogP contribution in [0.1, 0.15) is 18.5 Å². The molecule has 2 fully saturated rings. The quantitative estimate of drug-likeness (QED) is 0.247. The summed E-state index contributed by atoms with van der Waals surface area (Å²) in [5, 5.41) is 8.84. The van der Waals surface area contributed by atoms with Gasteiger partial charge < -0.3 is 10.6 Å². The molecule has 2 N–H and O–H groups in total. The molecule has 1 aromatic heterocycles. The highest BCUT2D eigenvalue weighted by Crippen LogP contribution is 2.52. The van der Waals surface area contributed by atoms with Gasteiger partial charge in [-0.2, -0.15) is 0 Å². The van der Waals surface area contributed by atoms with Gasteiger partial charge in [0.25, 0.3) is 0 Å². The molecule has 0 radical (unpaired) electrons. The second kappa shape index (κ2) is 8.13. The zero-order chi connectivity index (χ0) is 21.4. The molecule has 0 spiro atoms. The van der Waals surface area contributed by atoms with Crippen molar-refractivity contribution in [2.24, 2.45) is 28.7 Å². The van der Waals surface area contributed by atoms with Gasteiger partial charge in [-0.3, -0.25) is 24.5 Å². The Bertz CT molecular complexity index is 1040. The average Bonchev–Trinajstić information content (AvgIpc) is 3.48. The molecule has 2 aliphatic carbocycles. The Hall–Kier alpha value is -3.22. The lowest BCUT2D eigenvalue weighted by Crippen LogP contribution is -2.39. The summed E-state index contributed by atoms with van der Waals surface area (Å²) < 4.78 is 0. The first-order valence-electron chi connectivity index (χ1n) is 11.0. The summed E-state index contributed by atoms with van der Waals surface area (Å²) in [6, 6.07) is 10.2. The molecule has 1 aromatic carbocycles. The lowest BCUT2D eigenvalue weighted by Gasteiger charge is -2.18. The summed E-state index contributed by atoms with van der Waals surface area (Å²) in [4.78, 5) is 35.7. The summed E-state index contributed by atoms with van der Waals surface area (Å²) in [5.74, 6) is 1.03. The molecule has 31 heavy (non-hydrogen) atoms. The zero-order valence-corrected chi connectivity index (χ0v) is 17.6. The number of hydrogen-bond acceptors (Lipinski definition) is 4. The van der Waals surface area contributed by atoms with E-state index in [2.05, 4.69) is 44.9 Å². The summed E-state index contributed by atoms with van der Waals surface area (Å²) >= 11 is 0. The van der Waals surface area contributed by atoms with Crippen molar-refractivity contribution < 1.29 is 9.59 Å². The molecule has 1 saturated carbocycles. The third kappa shape index (κ3) is 3.48. The number of aromatic nitrogens is 1. The van der Waals surface area contributed by atoms with Gasteiger partial charge in [0.15, 0.2) is 5.96 Å². The van der Waals surface area contributed by atoms with E-state index in [4.69, 9.17) is 0 Å². The third-order valence-corrected chi connectivity index (χ3v) is 6.82. The number of nitrogens with zero attached hydrogens (tertiary/aromatic N) is 3. The molecule has 2 aromatic rings. The van der Waals surface area contributed by atoms with E-state index in [0.717, 1.165) is 22.9 Å². The number of aliphatic imine (C=N–C) groups is 1. The maximum Gasteiger partial charge on any atom is 0.233 e. The Kier molecular flexibility index (Phi) is 5.18. The van der Waals surface area contributed by atoms with Crippen LogP contribution in [0.25, 0.3) is 10.8 Å². The number of likely N-dealkylation sites (tertiary alicyclic amines) is 1. The molecule has 7 heteroatoms. The minimum absolute atomic E-state index is 0.0244. The number of guanidine groups is 1. The fraction of sp³-hybridized carbons (Fsp3) is 0.417. The lowest BCUT2D eigenvalue weighted by atomic mass is 9.85. The second-order valence-corrected chi connectivity index (χ2v) is 8.51. The largest absolute Gasteiger partial charge is 0.356 e. The normalized spacial score (nSPS) is 26.7. The van der Waals surface area contributed by atoms with Gasteiger partial charge >= 0.3 is 0 Å². The topological polar surface area (TPSA) is 86.7 Å². The van der Waals surface area contributed by atoms with E-state index in [-0.39, 0.29) is 35.5 Å². The summed E-state index contributed by atoms with van der Waals surface area (Å²) in [6.45, 7) is 1.64. The van der Waals surface area contributed by atoms with Crippen LogP contribution < -0.4 is 10.6 Å². The van der Waals surface area contributed by atoms with Crippen molar-refractivity contribution in [3.8, 4) is 0 Å². The van der Waals surface area contributed by atoms with Gasteiger partial charge in [-0.25, -0.2) is 0 Å². The minimum atomic E-state index is -0.113. The van der Waals surface area contributed by atoms with Crippen molar-refractivity contribution in [1.29, 1.82) is 0 Å². The predicted octanol–water partition coefficient (Wildman–Crippen LogP) is 2.10.